The number of nitrogens with zero attached hydrogens (tertiary/aromatic N) is 4. The van der Waals surface area contributed by atoms with Gasteiger partial charge in [0.1, 0.15) is 17.5 Å². The number of pyridine rings is 2. The average Bonchev–Trinajstić information content (AvgIpc) is 3.34. The van der Waals surface area contributed by atoms with Crippen LogP contribution in [0.5, 0.6) is 5.75 Å². The van der Waals surface area contributed by atoms with E-state index < -0.39 is 41.6 Å². The van der Waals surface area contributed by atoms with Crippen molar-refractivity contribution in [2.45, 2.75) is 61.7 Å². The molecule has 2 aromatic heterocycles. The van der Waals surface area contributed by atoms with Crippen LogP contribution in [0.2, 0.25) is 0 Å². The molecule has 1 amide bonds. The summed E-state index contributed by atoms with van der Waals surface area (Å²) in [6.07, 6.45) is 1.83. The number of anilines is 2. The number of likely N-dealkylation sites (tertiary alicyclic amines) is 1. The number of amides is 1. The van der Waals surface area contributed by atoms with Crippen LogP contribution in [0.3, 0.4) is 0 Å². The van der Waals surface area contributed by atoms with Crippen molar-refractivity contribution < 1.29 is 27.4 Å². The smallest absolute Gasteiger partial charge is 0.393 e. The first-order valence-electron chi connectivity index (χ1n) is 13.6. The van der Waals surface area contributed by atoms with Gasteiger partial charge < -0.3 is 31.2 Å². The van der Waals surface area contributed by atoms with E-state index in [1.54, 1.807) is 24.3 Å². The fourth-order valence-electron chi connectivity index (χ4n) is 6.46. The molecule has 3 fully saturated rings. The summed E-state index contributed by atoms with van der Waals surface area (Å²) < 4.78 is 52.2. The molecule has 5 N–H and O–H groups in total. The molecule has 5 heterocycles. The standard InChI is InChI=1S/C27H34F3N7O3/c1-39-18-3-6-36(7-4-18)12-15-8-21-23(34-10-15)26(22(32)24(26)40-21)25(38)35-19-11-33-5-2-20(19)37-13-16(27(28,29)30)9-17(31)14-37/h2,5,8,10-11,16-18,22,24H,3-4,6-7,9,12-14,31-32H2,1H3,(H,35,38)/t16-,17+,22?,24?,26?/m1/s1. The van der Waals surface area contributed by atoms with Crippen LogP contribution in [-0.4, -0.2) is 84.5 Å². The molecule has 1 saturated carbocycles. The number of aromatic nitrogens is 2. The third kappa shape index (κ3) is 4.68. The molecule has 1 aliphatic carbocycles. The van der Waals surface area contributed by atoms with Gasteiger partial charge in [0.15, 0.2) is 5.41 Å². The van der Waals surface area contributed by atoms with E-state index in [-0.39, 0.29) is 19.5 Å². The Morgan fingerprint density at radius 1 is 1.25 bits per heavy atom. The molecule has 4 aliphatic rings. The predicted octanol–water partition coefficient (Wildman–Crippen LogP) is 1.78. The van der Waals surface area contributed by atoms with Crippen LogP contribution < -0.4 is 26.4 Å². The third-order valence-electron chi connectivity index (χ3n) is 8.73. The second-order valence-electron chi connectivity index (χ2n) is 11.3. The Kier molecular flexibility index (Phi) is 6.88. The van der Waals surface area contributed by atoms with Crippen LogP contribution in [0.1, 0.15) is 30.5 Å². The molecule has 3 aliphatic heterocycles. The Hall–Kier alpha value is -3.00. The first-order valence-corrected chi connectivity index (χ1v) is 13.6. The maximum Gasteiger partial charge on any atom is 0.393 e. The van der Waals surface area contributed by atoms with Crippen LogP contribution in [0, 0.1) is 5.92 Å². The zero-order valence-corrected chi connectivity index (χ0v) is 22.2. The van der Waals surface area contributed by atoms with Crippen molar-refractivity contribution in [3.8, 4) is 5.75 Å². The number of piperidine rings is 2. The fourth-order valence-corrected chi connectivity index (χ4v) is 6.46. The monoisotopic (exact) mass is 561 g/mol. The topological polar surface area (TPSA) is 132 Å². The molecule has 2 aromatic rings. The lowest BCUT2D eigenvalue weighted by Gasteiger charge is -2.39. The fraction of sp³-hybridized carbons (Fsp3) is 0.593. The maximum atomic E-state index is 13.8. The summed E-state index contributed by atoms with van der Waals surface area (Å²) in [6.45, 7) is 2.54. The van der Waals surface area contributed by atoms with Gasteiger partial charge in [0, 0.05) is 58.3 Å². The lowest BCUT2D eigenvalue weighted by Crippen LogP contribution is -2.51. The van der Waals surface area contributed by atoms with Gasteiger partial charge in [0.2, 0.25) is 5.91 Å². The summed E-state index contributed by atoms with van der Waals surface area (Å²) in [5.41, 5.74) is 13.3. The van der Waals surface area contributed by atoms with E-state index in [1.807, 2.05) is 6.07 Å². The summed E-state index contributed by atoms with van der Waals surface area (Å²) in [7, 11) is 1.74. The molecular formula is C27H34F3N7O3. The molecule has 13 heteroatoms. The van der Waals surface area contributed by atoms with E-state index >= 15 is 0 Å². The van der Waals surface area contributed by atoms with E-state index in [4.69, 9.17) is 20.9 Å². The summed E-state index contributed by atoms with van der Waals surface area (Å²) in [4.78, 5) is 26.4. The Bertz CT molecular complexity index is 1270. The number of nitrogens with one attached hydrogen (secondary N) is 1. The van der Waals surface area contributed by atoms with E-state index in [0.717, 1.165) is 31.5 Å². The first kappa shape index (κ1) is 27.2. The Morgan fingerprint density at radius 3 is 2.75 bits per heavy atom. The number of rotatable bonds is 6. The van der Waals surface area contributed by atoms with Crippen LogP contribution in [0.25, 0.3) is 0 Å². The van der Waals surface area contributed by atoms with Crippen molar-refractivity contribution in [1.82, 2.24) is 14.9 Å². The largest absolute Gasteiger partial charge is 0.485 e. The van der Waals surface area contributed by atoms with E-state index in [0.29, 0.717) is 35.5 Å². The minimum Gasteiger partial charge on any atom is -0.485 e. The summed E-state index contributed by atoms with van der Waals surface area (Å²) >= 11 is 0. The van der Waals surface area contributed by atoms with Crippen LogP contribution in [0.15, 0.2) is 30.7 Å². The minimum atomic E-state index is -4.37. The predicted molar refractivity (Wildman–Crippen MR) is 141 cm³/mol. The van der Waals surface area contributed by atoms with Gasteiger partial charge in [-0.1, -0.05) is 0 Å². The van der Waals surface area contributed by atoms with Crippen LogP contribution in [0.4, 0.5) is 24.5 Å². The molecular weight excluding hydrogens is 527 g/mol. The van der Waals surface area contributed by atoms with E-state index in [9.17, 15) is 18.0 Å². The second-order valence-corrected chi connectivity index (χ2v) is 11.3. The molecule has 40 heavy (non-hydrogen) atoms. The number of alkyl halides is 3. The zero-order valence-electron chi connectivity index (χ0n) is 22.2. The normalized spacial score (nSPS) is 30.4. The van der Waals surface area contributed by atoms with Crippen molar-refractivity contribution in [1.29, 1.82) is 0 Å². The van der Waals surface area contributed by atoms with Gasteiger partial charge >= 0.3 is 6.18 Å². The molecule has 0 bridgehead atoms. The molecule has 10 nitrogen and oxygen atoms in total. The van der Waals surface area contributed by atoms with Crippen molar-refractivity contribution in [2.24, 2.45) is 17.4 Å². The number of methoxy groups -OCH3 is 1. The Morgan fingerprint density at radius 2 is 2.02 bits per heavy atom. The molecule has 6 rings (SSSR count). The van der Waals surface area contributed by atoms with Crippen molar-refractivity contribution >= 4 is 17.3 Å². The molecule has 216 valence electrons. The third-order valence-corrected chi connectivity index (χ3v) is 8.73. The Balaban J connectivity index is 1.19. The van der Waals surface area contributed by atoms with Gasteiger partial charge in [0.05, 0.1) is 35.6 Å². The summed E-state index contributed by atoms with van der Waals surface area (Å²) in [6, 6.07) is 2.25. The summed E-state index contributed by atoms with van der Waals surface area (Å²) in [5, 5.41) is 2.88. The zero-order chi connectivity index (χ0) is 28.2. The maximum absolute atomic E-state index is 13.8. The molecule has 5 atom stereocenters. The number of halogens is 3. The van der Waals surface area contributed by atoms with Crippen molar-refractivity contribution in [2.75, 3.05) is 43.5 Å². The lowest BCUT2D eigenvalue weighted by molar-refractivity contribution is -0.177. The van der Waals surface area contributed by atoms with Crippen molar-refractivity contribution in [3.63, 3.8) is 0 Å². The number of nitrogens with two attached hydrogens (primary N) is 2. The first-order chi connectivity index (χ1) is 19.1. The Labute approximate surface area is 230 Å². The second kappa shape index (κ2) is 10.1. The number of hydrogen-bond acceptors (Lipinski definition) is 9. The highest BCUT2D eigenvalue weighted by Gasteiger charge is 2.77. The highest BCUT2D eigenvalue weighted by atomic mass is 19.4. The highest BCUT2D eigenvalue weighted by Crippen LogP contribution is 2.58. The van der Waals surface area contributed by atoms with Gasteiger partial charge in [-0.25, -0.2) is 0 Å². The molecule has 0 aromatic carbocycles. The van der Waals surface area contributed by atoms with Gasteiger partial charge in [0.25, 0.3) is 0 Å². The molecule has 0 radical (unpaired) electrons. The minimum absolute atomic E-state index is 0.139. The highest BCUT2D eigenvalue weighted by molar-refractivity contribution is 6.06. The summed E-state index contributed by atoms with van der Waals surface area (Å²) in [5.74, 6) is -1.45. The van der Waals surface area contributed by atoms with Gasteiger partial charge in [-0.2, -0.15) is 13.2 Å². The average molecular weight is 562 g/mol. The van der Waals surface area contributed by atoms with E-state index in [2.05, 4.69) is 20.2 Å². The van der Waals surface area contributed by atoms with Gasteiger partial charge in [-0.3, -0.25) is 19.7 Å². The molecule has 3 unspecified atom stereocenters. The number of fused-ring (bicyclic) bond motifs is 3. The number of ether oxygens (including phenoxy) is 2. The van der Waals surface area contributed by atoms with E-state index in [1.165, 1.54) is 12.4 Å². The molecule has 0 spiro atoms. The van der Waals surface area contributed by atoms with Gasteiger partial charge in [-0.15, -0.1) is 0 Å². The van der Waals surface area contributed by atoms with Crippen LogP contribution in [-0.2, 0) is 21.5 Å². The van der Waals surface area contributed by atoms with Crippen LogP contribution >= 0.6 is 0 Å². The van der Waals surface area contributed by atoms with Gasteiger partial charge in [-0.05, 0) is 37.0 Å². The number of carbonyl (C=O) groups excluding carboxylic acids is 1. The lowest BCUT2D eigenvalue weighted by atomic mass is 9.93. The quantitative estimate of drug-likeness (QED) is 0.483. The number of hydrogen-bond donors (Lipinski definition) is 3. The number of carbonyl (C=O) groups is 1. The SMILES string of the molecule is COC1CCN(Cc2cnc3c(c2)OC2C(N)C32C(=O)Nc2cnccc2N2C[C@@H](N)C[C@@H](C(F)(F)F)C2)CC1. The van der Waals surface area contributed by atoms with Crippen molar-refractivity contribution in [3.05, 3.63) is 42.0 Å². The molecule has 2 saturated heterocycles.